The maximum Gasteiger partial charge on any atom is 0.236 e. The summed E-state index contributed by atoms with van der Waals surface area (Å²) in [5, 5.41) is 2.86. The second kappa shape index (κ2) is 4.62. The molecule has 1 amide bonds. The molecule has 0 bridgehead atoms. The van der Waals surface area contributed by atoms with Crippen LogP contribution in [0.15, 0.2) is 36.5 Å². The van der Waals surface area contributed by atoms with Crippen molar-refractivity contribution in [2.75, 3.05) is 17.8 Å². The third kappa shape index (κ3) is 2.04. The fourth-order valence-corrected chi connectivity index (χ4v) is 2.68. The highest BCUT2D eigenvalue weighted by Crippen LogP contribution is 2.51. The van der Waals surface area contributed by atoms with Crippen molar-refractivity contribution in [2.24, 2.45) is 0 Å². The minimum Gasteiger partial charge on any atom is -0.454 e. The van der Waals surface area contributed by atoms with Crippen molar-refractivity contribution < 1.29 is 14.3 Å². The van der Waals surface area contributed by atoms with E-state index in [1.807, 2.05) is 18.2 Å². The van der Waals surface area contributed by atoms with Crippen LogP contribution in [0, 0.1) is 0 Å². The van der Waals surface area contributed by atoms with Gasteiger partial charge in [-0.15, -0.1) is 0 Å². The van der Waals surface area contributed by atoms with E-state index in [4.69, 9.17) is 15.2 Å². The summed E-state index contributed by atoms with van der Waals surface area (Å²) in [7, 11) is 0. The van der Waals surface area contributed by atoms with Crippen molar-refractivity contribution in [3.63, 3.8) is 0 Å². The highest BCUT2D eigenvalue weighted by Gasteiger charge is 2.51. The smallest absolute Gasteiger partial charge is 0.236 e. The number of pyridine rings is 1. The lowest BCUT2D eigenvalue weighted by atomic mass is 9.94. The first-order chi connectivity index (χ1) is 10.7. The second-order valence-corrected chi connectivity index (χ2v) is 5.58. The van der Waals surface area contributed by atoms with E-state index in [1.54, 1.807) is 12.1 Å². The van der Waals surface area contributed by atoms with Gasteiger partial charge in [-0.25, -0.2) is 4.98 Å². The normalized spacial score (nSPS) is 17.1. The Morgan fingerprint density at radius 1 is 1.18 bits per heavy atom. The summed E-state index contributed by atoms with van der Waals surface area (Å²) in [5.41, 5.74) is 6.62. The van der Waals surface area contributed by atoms with Crippen LogP contribution in [0.4, 0.5) is 11.5 Å². The zero-order valence-electron chi connectivity index (χ0n) is 11.8. The number of aromatic nitrogens is 1. The zero-order chi connectivity index (χ0) is 15.2. The topological polar surface area (TPSA) is 86.5 Å². The molecule has 1 aromatic carbocycles. The van der Waals surface area contributed by atoms with Gasteiger partial charge < -0.3 is 20.5 Å². The zero-order valence-corrected chi connectivity index (χ0v) is 11.8. The number of nitrogens with zero attached hydrogens (tertiary/aromatic N) is 1. The van der Waals surface area contributed by atoms with E-state index in [1.165, 1.54) is 6.20 Å². The molecule has 112 valence electrons. The fraction of sp³-hybridized carbons (Fsp3) is 0.250. The predicted molar refractivity (Wildman–Crippen MR) is 80.8 cm³/mol. The summed E-state index contributed by atoms with van der Waals surface area (Å²) in [6, 6.07) is 9.08. The molecule has 6 nitrogen and oxygen atoms in total. The number of amides is 1. The Kier molecular flexibility index (Phi) is 2.72. The number of hydrogen-bond acceptors (Lipinski definition) is 5. The molecule has 0 saturated heterocycles. The van der Waals surface area contributed by atoms with Crippen molar-refractivity contribution in [3.8, 4) is 11.5 Å². The molecule has 1 aliphatic heterocycles. The first-order valence-electron chi connectivity index (χ1n) is 7.10. The molecule has 2 aliphatic rings. The van der Waals surface area contributed by atoms with Crippen LogP contribution in [0.5, 0.6) is 11.5 Å². The Morgan fingerprint density at radius 2 is 2.00 bits per heavy atom. The van der Waals surface area contributed by atoms with Gasteiger partial charge in [0.15, 0.2) is 11.5 Å². The van der Waals surface area contributed by atoms with Gasteiger partial charge in [-0.05, 0) is 42.7 Å². The summed E-state index contributed by atoms with van der Waals surface area (Å²) in [6.07, 6.45) is 3.15. The predicted octanol–water partition coefficient (Wildman–Crippen LogP) is 2.06. The summed E-state index contributed by atoms with van der Waals surface area (Å²) < 4.78 is 10.7. The number of hydrogen-bond donors (Lipinski definition) is 2. The minimum atomic E-state index is -0.496. The molecule has 1 saturated carbocycles. The number of nitrogens with two attached hydrogens (primary N) is 1. The van der Waals surface area contributed by atoms with E-state index in [0.29, 0.717) is 17.3 Å². The Hall–Kier alpha value is -2.76. The van der Waals surface area contributed by atoms with Crippen LogP contribution in [-0.2, 0) is 10.2 Å². The molecule has 3 N–H and O–H groups in total. The largest absolute Gasteiger partial charge is 0.454 e. The highest BCUT2D eigenvalue weighted by atomic mass is 16.7. The van der Waals surface area contributed by atoms with E-state index in [9.17, 15) is 4.79 Å². The van der Waals surface area contributed by atoms with Crippen LogP contribution in [0.2, 0.25) is 0 Å². The first-order valence-corrected chi connectivity index (χ1v) is 7.10. The SMILES string of the molecule is Nc1ccc(NC(=O)C2(c3ccc4c(c3)OCO4)CC2)nc1. The van der Waals surface area contributed by atoms with E-state index in [0.717, 1.165) is 24.2 Å². The third-order valence-corrected chi connectivity index (χ3v) is 4.14. The van der Waals surface area contributed by atoms with Crippen molar-refractivity contribution in [2.45, 2.75) is 18.3 Å². The molecule has 2 aromatic rings. The molecular formula is C16H15N3O3. The second-order valence-electron chi connectivity index (χ2n) is 5.58. The average molecular weight is 297 g/mol. The minimum absolute atomic E-state index is 0.0522. The van der Waals surface area contributed by atoms with Gasteiger partial charge in [0, 0.05) is 0 Å². The van der Waals surface area contributed by atoms with Gasteiger partial charge in [-0.3, -0.25) is 4.79 Å². The van der Waals surface area contributed by atoms with Crippen LogP contribution in [0.3, 0.4) is 0 Å². The number of ether oxygens (including phenoxy) is 2. The Labute approximate surface area is 127 Å². The van der Waals surface area contributed by atoms with Crippen molar-refractivity contribution >= 4 is 17.4 Å². The average Bonchev–Trinajstić information content (AvgIpc) is 3.21. The van der Waals surface area contributed by atoms with E-state index in [-0.39, 0.29) is 12.7 Å². The maximum atomic E-state index is 12.6. The number of nitrogen functional groups attached to an aromatic ring is 1. The molecule has 0 spiro atoms. The monoisotopic (exact) mass is 297 g/mol. The van der Waals surface area contributed by atoms with Crippen LogP contribution in [0.1, 0.15) is 18.4 Å². The van der Waals surface area contributed by atoms with Gasteiger partial charge in [0.2, 0.25) is 12.7 Å². The third-order valence-electron chi connectivity index (χ3n) is 4.14. The summed E-state index contributed by atoms with van der Waals surface area (Å²) in [5.74, 6) is 1.87. The molecule has 4 rings (SSSR count). The van der Waals surface area contributed by atoms with Crippen LogP contribution in [0.25, 0.3) is 0 Å². The maximum absolute atomic E-state index is 12.6. The molecule has 2 heterocycles. The van der Waals surface area contributed by atoms with E-state index < -0.39 is 5.41 Å². The molecule has 0 unspecified atom stereocenters. The molecular weight excluding hydrogens is 282 g/mol. The first kappa shape index (κ1) is 12.9. The van der Waals surface area contributed by atoms with Gasteiger partial charge in [0.1, 0.15) is 5.82 Å². The molecule has 0 atom stereocenters. The van der Waals surface area contributed by atoms with Crippen molar-refractivity contribution in [3.05, 3.63) is 42.1 Å². The van der Waals surface area contributed by atoms with Gasteiger partial charge in [-0.2, -0.15) is 0 Å². The van der Waals surface area contributed by atoms with Gasteiger partial charge in [0.05, 0.1) is 17.3 Å². The van der Waals surface area contributed by atoms with E-state index >= 15 is 0 Å². The van der Waals surface area contributed by atoms with E-state index in [2.05, 4.69) is 10.3 Å². The lowest BCUT2D eigenvalue weighted by Crippen LogP contribution is -2.28. The molecule has 1 fully saturated rings. The molecule has 1 aromatic heterocycles. The number of benzene rings is 1. The summed E-state index contributed by atoms with van der Waals surface area (Å²) in [6.45, 7) is 0.230. The number of nitrogens with one attached hydrogen (secondary N) is 1. The number of carbonyl (C=O) groups excluding carboxylic acids is 1. The standard InChI is InChI=1S/C16H15N3O3/c17-11-2-4-14(18-8-11)19-15(20)16(5-6-16)10-1-3-12-13(7-10)22-9-21-12/h1-4,7-8H,5-6,9,17H2,(H,18,19,20). The Balaban J connectivity index is 1.58. The van der Waals surface area contributed by atoms with Crippen LogP contribution < -0.4 is 20.5 Å². The molecule has 1 aliphatic carbocycles. The highest BCUT2D eigenvalue weighted by molar-refractivity contribution is 6.01. The van der Waals surface area contributed by atoms with Crippen LogP contribution >= 0.6 is 0 Å². The molecule has 22 heavy (non-hydrogen) atoms. The number of anilines is 2. The fourth-order valence-electron chi connectivity index (χ4n) is 2.68. The summed E-state index contributed by atoms with van der Waals surface area (Å²) in [4.78, 5) is 16.7. The number of rotatable bonds is 3. The lowest BCUT2D eigenvalue weighted by molar-refractivity contribution is -0.118. The Bertz CT molecular complexity index is 739. The molecule has 0 radical (unpaired) electrons. The Morgan fingerprint density at radius 3 is 2.73 bits per heavy atom. The quantitative estimate of drug-likeness (QED) is 0.905. The van der Waals surface area contributed by atoms with Gasteiger partial charge in [-0.1, -0.05) is 6.07 Å². The number of carbonyl (C=O) groups is 1. The molecule has 6 heteroatoms. The van der Waals surface area contributed by atoms with Gasteiger partial charge in [0.25, 0.3) is 0 Å². The number of fused-ring (bicyclic) bond motifs is 1. The van der Waals surface area contributed by atoms with Crippen LogP contribution in [-0.4, -0.2) is 17.7 Å². The van der Waals surface area contributed by atoms with Gasteiger partial charge >= 0.3 is 0 Å². The lowest BCUT2D eigenvalue weighted by Gasteiger charge is -2.16. The van der Waals surface area contributed by atoms with Crippen molar-refractivity contribution in [1.29, 1.82) is 0 Å². The van der Waals surface area contributed by atoms with Crippen molar-refractivity contribution in [1.82, 2.24) is 4.98 Å². The summed E-state index contributed by atoms with van der Waals surface area (Å²) >= 11 is 0.